The molecule has 0 fully saturated rings. The summed E-state index contributed by atoms with van der Waals surface area (Å²) in [6.07, 6.45) is 1.64. The summed E-state index contributed by atoms with van der Waals surface area (Å²) in [7, 11) is 1.55. The van der Waals surface area contributed by atoms with E-state index in [9.17, 15) is 9.59 Å². The SMILES string of the molecule is COc1ccc2cccc(NC(=O)CCn3cnc4sccc4c3=O)c2n1. The summed E-state index contributed by atoms with van der Waals surface area (Å²) in [6, 6.07) is 11.0. The molecule has 1 N–H and O–H groups in total. The van der Waals surface area contributed by atoms with Gasteiger partial charge < -0.3 is 10.1 Å². The van der Waals surface area contributed by atoms with Crippen LogP contribution in [0.4, 0.5) is 5.69 Å². The summed E-state index contributed by atoms with van der Waals surface area (Å²) < 4.78 is 6.62. The molecule has 1 amide bonds. The number of carbonyl (C=O) groups excluding carboxylic acids is 1. The number of amides is 1. The van der Waals surface area contributed by atoms with E-state index in [1.54, 1.807) is 25.3 Å². The van der Waals surface area contributed by atoms with Crippen LogP contribution in [0, 0.1) is 0 Å². The Kier molecular flexibility index (Phi) is 4.55. The van der Waals surface area contributed by atoms with Crippen LogP contribution >= 0.6 is 11.3 Å². The number of rotatable bonds is 5. The number of aromatic nitrogens is 3. The van der Waals surface area contributed by atoms with Crippen LogP contribution in [-0.2, 0) is 11.3 Å². The number of fused-ring (bicyclic) bond motifs is 2. The second kappa shape index (κ2) is 7.16. The highest BCUT2D eigenvalue weighted by Crippen LogP contribution is 2.24. The average molecular weight is 380 g/mol. The normalized spacial score (nSPS) is 11.0. The molecule has 0 saturated heterocycles. The number of benzene rings is 1. The van der Waals surface area contributed by atoms with Gasteiger partial charge in [-0.05, 0) is 23.6 Å². The molecule has 3 aromatic heterocycles. The minimum Gasteiger partial charge on any atom is -0.481 e. The summed E-state index contributed by atoms with van der Waals surface area (Å²) >= 11 is 1.42. The highest BCUT2D eigenvalue weighted by atomic mass is 32.1. The van der Waals surface area contributed by atoms with Crippen molar-refractivity contribution in [3.63, 3.8) is 0 Å². The number of hydrogen-bond acceptors (Lipinski definition) is 6. The molecule has 3 heterocycles. The van der Waals surface area contributed by atoms with Crippen LogP contribution in [0.25, 0.3) is 21.1 Å². The monoisotopic (exact) mass is 380 g/mol. The van der Waals surface area contributed by atoms with Crippen molar-refractivity contribution in [1.82, 2.24) is 14.5 Å². The molecule has 0 aliphatic carbocycles. The first-order valence-corrected chi connectivity index (χ1v) is 9.20. The molecule has 7 nitrogen and oxygen atoms in total. The Morgan fingerprint density at radius 1 is 1.26 bits per heavy atom. The lowest BCUT2D eigenvalue weighted by atomic mass is 10.2. The highest BCUT2D eigenvalue weighted by Gasteiger charge is 2.10. The molecule has 136 valence electrons. The fourth-order valence-corrected chi connectivity index (χ4v) is 3.55. The molecule has 0 unspecified atom stereocenters. The number of pyridine rings is 1. The van der Waals surface area contributed by atoms with Gasteiger partial charge in [-0.25, -0.2) is 9.97 Å². The van der Waals surface area contributed by atoms with Crippen molar-refractivity contribution in [2.45, 2.75) is 13.0 Å². The Morgan fingerprint density at radius 2 is 2.15 bits per heavy atom. The summed E-state index contributed by atoms with van der Waals surface area (Å²) in [6.45, 7) is 0.255. The number of para-hydroxylation sites is 1. The first-order chi connectivity index (χ1) is 13.2. The summed E-state index contributed by atoms with van der Waals surface area (Å²) in [5.41, 5.74) is 1.13. The average Bonchev–Trinajstić information content (AvgIpc) is 3.17. The largest absolute Gasteiger partial charge is 0.481 e. The quantitative estimate of drug-likeness (QED) is 0.575. The van der Waals surface area contributed by atoms with Crippen molar-refractivity contribution in [3.8, 4) is 5.88 Å². The van der Waals surface area contributed by atoms with Crippen LogP contribution in [0.1, 0.15) is 6.42 Å². The van der Waals surface area contributed by atoms with Gasteiger partial charge in [-0.15, -0.1) is 11.3 Å². The van der Waals surface area contributed by atoms with Gasteiger partial charge >= 0.3 is 0 Å². The van der Waals surface area contributed by atoms with Gasteiger partial charge in [0.2, 0.25) is 11.8 Å². The number of ether oxygens (including phenoxy) is 1. The van der Waals surface area contributed by atoms with E-state index in [2.05, 4.69) is 15.3 Å². The van der Waals surface area contributed by atoms with E-state index >= 15 is 0 Å². The molecule has 0 aliphatic rings. The second-order valence-electron chi connectivity index (χ2n) is 5.91. The topological polar surface area (TPSA) is 86.1 Å². The molecule has 0 atom stereocenters. The van der Waals surface area contributed by atoms with Crippen LogP contribution in [0.5, 0.6) is 5.88 Å². The zero-order chi connectivity index (χ0) is 18.8. The van der Waals surface area contributed by atoms with Crippen LogP contribution in [0.3, 0.4) is 0 Å². The molecular weight excluding hydrogens is 364 g/mol. The lowest BCUT2D eigenvalue weighted by Gasteiger charge is -2.10. The molecular formula is C19H16N4O3S. The Labute approximate surface area is 158 Å². The van der Waals surface area contributed by atoms with Crippen molar-refractivity contribution in [2.24, 2.45) is 0 Å². The number of methoxy groups -OCH3 is 1. The van der Waals surface area contributed by atoms with E-state index in [1.807, 2.05) is 23.6 Å². The van der Waals surface area contributed by atoms with Crippen LogP contribution in [-0.4, -0.2) is 27.6 Å². The predicted molar refractivity (Wildman–Crippen MR) is 105 cm³/mol. The third kappa shape index (κ3) is 3.39. The smallest absolute Gasteiger partial charge is 0.262 e. The minimum atomic E-state index is -0.204. The summed E-state index contributed by atoms with van der Waals surface area (Å²) in [4.78, 5) is 34.1. The Morgan fingerprint density at radius 3 is 3.00 bits per heavy atom. The first kappa shape index (κ1) is 17.2. The lowest BCUT2D eigenvalue weighted by molar-refractivity contribution is -0.116. The third-order valence-corrected chi connectivity index (χ3v) is 5.03. The van der Waals surface area contributed by atoms with Gasteiger partial charge in [-0.2, -0.15) is 0 Å². The zero-order valence-corrected chi connectivity index (χ0v) is 15.3. The molecule has 8 heteroatoms. The maximum atomic E-state index is 12.4. The van der Waals surface area contributed by atoms with Crippen molar-refractivity contribution in [3.05, 3.63) is 58.5 Å². The number of anilines is 1. The van der Waals surface area contributed by atoms with E-state index in [-0.39, 0.29) is 24.4 Å². The zero-order valence-electron chi connectivity index (χ0n) is 14.5. The summed E-state index contributed by atoms with van der Waals surface area (Å²) in [5, 5.41) is 6.18. The van der Waals surface area contributed by atoms with Gasteiger partial charge in [-0.1, -0.05) is 12.1 Å². The maximum Gasteiger partial charge on any atom is 0.262 e. The predicted octanol–water partition coefficient (Wildman–Crippen LogP) is 3.04. The summed E-state index contributed by atoms with van der Waals surface area (Å²) in [5.74, 6) is 0.273. The third-order valence-electron chi connectivity index (χ3n) is 4.21. The van der Waals surface area contributed by atoms with E-state index in [4.69, 9.17) is 4.74 Å². The second-order valence-corrected chi connectivity index (χ2v) is 6.81. The number of nitrogens with zero attached hydrogens (tertiary/aromatic N) is 3. The molecule has 4 rings (SSSR count). The van der Waals surface area contributed by atoms with Gasteiger partial charge in [0.05, 0.1) is 30.0 Å². The molecule has 4 aromatic rings. The van der Waals surface area contributed by atoms with E-state index in [1.165, 1.54) is 22.2 Å². The number of hydrogen-bond donors (Lipinski definition) is 1. The van der Waals surface area contributed by atoms with Crippen molar-refractivity contribution >= 4 is 44.1 Å². The fourth-order valence-electron chi connectivity index (χ4n) is 2.83. The highest BCUT2D eigenvalue weighted by molar-refractivity contribution is 7.16. The van der Waals surface area contributed by atoms with Gasteiger partial charge in [-0.3, -0.25) is 14.2 Å². The molecule has 0 saturated carbocycles. The molecule has 1 aromatic carbocycles. The minimum absolute atomic E-state index is 0.134. The molecule has 27 heavy (non-hydrogen) atoms. The Hall–Kier alpha value is -3.26. The van der Waals surface area contributed by atoms with E-state index in [0.29, 0.717) is 27.3 Å². The van der Waals surface area contributed by atoms with Crippen LogP contribution < -0.4 is 15.6 Å². The number of nitrogens with one attached hydrogen (secondary N) is 1. The van der Waals surface area contributed by atoms with Gasteiger partial charge in [0.15, 0.2) is 0 Å². The standard InChI is InChI=1S/C19H16N4O3S/c1-26-16-6-5-12-3-2-4-14(17(12)22-16)21-15(24)7-9-23-11-20-18-13(19(23)25)8-10-27-18/h2-6,8,10-11H,7,9H2,1H3,(H,21,24). The van der Waals surface area contributed by atoms with E-state index in [0.717, 1.165) is 5.39 Å². The number of aryl methyl sites for hydroxylation is 1. The maximum absolute atomic E-state index is 12.4. The Balaban J connectivity index is 1.51. The van der Waals surface area contributed by atoms with Gasteiger partial charge in [0, 0.05) is 24.4 Å². The number of thiophene rings is 1. The van der Waals surface area contributed by atoms with Gasteiger partial charge in [0.1, 0.15) is 4.83 Å². The van der Waals surface area contributed by atoms with Crippen molar-refractivity contribution < 1.29 is 9.53 Å². The molecule has 0 aliphatic heterocycles. The van der Waals surface area contributed by atoms with Crippen LogP contribution in [0.2, 0.25) is 0 Å². The van der Waals surface area contributed by atoms with E-state index < -0.39 is 0 Å². The van der Waals surface area contributed by atoms with Crippen LogP contribution in [0.15, 0.2) is 52.9 Å². The first-order valence-electron chi connectivity index (χ1n) is 8.32. The fraction of sp³-hybridized carbons (Fsp3) is 0.158. The van der Waals surface area contributed by atoms with Gasteiger partial charge in [0.25, 0.3) is 5.56 Å². The lowest BCUT2D eigenvalue weighted by Crippen LogP contribution is -2.23. The molecule has 0 bridgehead atoms. The van der Waals surface area contributed by atoms with Crippen molar-refractivity contribution in [2.75, 3.05) is 12.4 Å². The Bertz CT molecular complexity index is 1200. The number of carbonyl (C=O) groups is 1. The molecule has 0 spiro atoms. The molecule has 0 radical (unpaired) electrons. The van der Waals surface area contributed by atoms with Crippen molar-refractivity contribution in [1.29, 1.82) is 0 Å².